The van der Waals surface area contributed by atoms with Crippen LogP contribution < -0.4 is 10.1 Å². The summed E-state index contributed by atoms with van der Waals surface area (Å²) in [5.74, 6) is 3.12. The van der Waals surface area contributed by atoms with Gasteiger partial charge in [0.2, 0.25) is 0 Å². The third kappa shape index (κ3) is 5.16. The van der Waals surface area contributed by atoms with Gasteiger partial charge in [0, 0.05) is 22.0 Å². The van der Waals surface area contributed by atoms with Gasteiger partial charge >= 0.3 is 0 Å². The molecule has 0 amide bonds. The van der Waals surface area contributed by atoms with Gasteiger partial charge in [-0.3, -0.25) is 0 Å². The van der Waals surface area contributed by atoms with Crippen LogP contribution in [0, 0.1) is 0 Å². The predicted octanol–water partition coefficient (Wildman–Crippen LogP) is 3.50. The van der Waals surface area contributed by atoms with Gasteiger partial charge in [-0.2, -0.15) is 11.8 Å². The summed E-state index contributed by atoms with van der Waals surface area (Å²) in [7, 11) is 1.73. The molecule has 1 heterocycles. The fraction of sp³-hybridized carbons (Fsp3) is 0.625. The van der Waals surface area contributed by atoms with E-state index in [2.05, 4.69) is 34.2 Å². The van der Waals surface area contributed by atoms with Crippen molar-refractivity contribution in [2.45, 2.75) is 31.9 Å². The Hall–Kier alpha value is -0.230. The number of ether oxygens (including phenoxy) is 2. The normalized spacial score (nSPS) is 20.2. The maximum Gasteiger partial charge on any atom is 0.122 e. The van der Waals surface area contributed by atoms with E-state index >= 15 is 0 Å². The number of halogens is 1. The summed E-state index contributed by atoms with van der Waals surface area (Å²) in [5, 5.41) is 3.65. The van der Waals surface area contributed by atoms with Crippen LogP contribution in [0.1, 0.15) is 18.9 Å². The summed E-state index contributed by atoms with van der Waals surface area (Å²) in [5.41, 5.74) is 1.22. The molecule has 0 aromatic heterocycles. The second kappa shape index (κ2) is 9.03. The number of hydrogen-bond donors (Lipinski definition) is 1. The van der Waals surface area contributed by atoms with E-state index in [0.717, 1.165) is 47.7 Å². The van der Waals surface area contributed by atoms with Crippen molar-refractivity contribution in [1.29, 1.82) is 0 Å². The van der Waals surface area contributed by atoms with Crippen molar-refractivity contribution in [2.24, 2.45) is 0 Å². The molecule has 2 atom stereocenters. The average Bonchev–Trinajstić information content (AvgIpc) is 2.52. The molecule has 0 aliphatic carbocycles. The van der Waals surface area contributed by atoms with E-state index < -0.39 is 0 Å². The minimum Gasteiger partial charge on any atom is -0.496 e. The maximum absolute atomic E-state index is 5.98. The maximum atomic E-state index is 5.98. The van der Waals surface area contributed by atoms with E-state index in [1.165, 1.54) is 5.56 Å². The highest BCUT2D eigenvalue weighted by Gasteiger charge is 2.25. The minimum atomic E-state index is 0.277. The number of hydrogen-bond acceptors (Lipinski definition) is 4. The van der Waals surface area contributed by atoms with Gasteiger partial charge < -0.3 is 14.8 Å². The highest BCUT2D eigenvalue weighted by atomic mass is 79.9. The molecule has 21 heavy (non-hydrogen) atoms. The minimum absolute atomic E-state index is 0.277. The molecule has 0 radical (unpaired) electrons. The summed E-state index contributed by atoms with van der Waals surface area (Å²) in [6.45, 7) is 4.07. The van der Waals surface area contributed by atoms with Gasteiger partial charge in [-0.15, -0.1) is 0 Å². The second-order valence-corrected chi connectivity index (χ2v) is 7.27. The summed E-state index contributed by atoms with van der Waals surface area (Å²) >= 11 is 5.54. The van der Waals surface area contributed by atoms with Crippen LogP contribution in [0.2, 0.25) is 0 Å². The first-order chi connectivity index (χ1) is 10.2. The van der Waals surface area contributed by atoms with Crippen LogP contribution in [-0.2, 0) is 11.2 Å². The lowest BCUT2D eigenvalue weighted by Gasteiger charge is -2.31. The molecule has 0 spiro atoms. The van der Waals surface area contributed by atoms with Crippen molar-refractivity contribution in [3.05, 3.63) is 28.2 Å². The van der Waals surface area contributed by atoms with Gasteiger partial charge in [-0.05, 0) is 43.1 Å². The van der Waals surface area contributed by atoms with Crippen LogP contribution >= 0.6 is 27.7 Å². The molecule has 2 rings (SSSR count). The van der Waals surface area contributed by atoms with Gasteiger partial charge in [0.1, 0.15) is 5.75 Å². The lowest BCUT2D eigenvalue weighted by atomic mass is 10.0. The van der Waals surface area contributed by atoms with E-state index in [1.807, 2.05) is 23.9 Å². The van der Waals surface area contributed by atoms with Crippen LogP contribution in [-0.4, -0.2) is 43.9 Å². The highest BCUT2D eigenvalue weighted by Crippen LogP contribution is 2.26. The lowest BCUT2D eigenvalue weighted by molar-refractivity contribution is 0.0470. The Labute approximate surface area is 140 Å². The molecule has 1 aliphatic heterocycles. The molecule has 0 bridgehead atoms. The SMILES string of the molecule is CCCNC(Cc1cc(Br)ccc1OC)C1CSCCO1. The third-order valence-corrected chi connectivity index (χ3v) is 5.14. The second-order valence-electron chi connectivity index (χ2n) is 5.21. The fourth-order valence-electron chi connectivity index (χ4n) is 2.55. The predicted molar refractivity (Wildman–Crippen MR) is 93.5 cm³/mol. The Bertz CT molecular complexity index is 438. The number of thioether (sulfide) groups is 1. The summed E-state index contributed by atoms with van der Waals surface area (Å²) in [4.78, 5) is 0. The van der Waals surface area contributed by atoms with E-state index in [0.29, 0.717) is 6.04 Å². The zero-order valence-electron chi connectivity index (χ0n) is 12.7. The molecule has 2 unspecified atom stereocenters. The van der Waals surface area contributed by atoms with E-state index in [4.69, 9.17) is 9.47 Å². The van der Waals surface area contributed by atoms with Crippen molar-refractivity contribution in [1.82, 2.24) is 5.32 Å². The molecule has 1 aromatic rings. The number of methoxy groups -OCH3 is 1. The van der Waals surface area contributed by atoms with Crippen molar-refractivity contribution in [2.75, 3.05) is 31.8 Å². The first kappa shape index (κ1) is 17.1. The Balaban J connectivity index is 2.11. The molecule has 1 aromatic carbocycles. The van der Waals surface area contributed by atoms with E-state index in [-0.39, 0.29) is 6.10 Å². The van der Waals surface area contributed by atoms with Crippen LogP contribution in [0.25, 0.3) is 0 Å². The molecule has 1 N–H and O–H groups in total. The average molecular weight is 374 g/mol. The Kier molecular flexibility index (Phi) is 7.37. The van der Waals surface area contributed by atoms with Gasteiger partial charge in [0.15, 0.2) is 0 Å². The lowest BCUT2D eigenvalue weighted by Crippen LogP contribution is -2.46. The molecule has 1 aliphatic rings. The standard InChI is InChI=1S/C16H24BrNO2S/c1-3-6-18-14(16-11-21-8-7-20-16)10-12-9-13(17)4-5-15(12)19-2/h4-5,9,14,16,18H,3,6-8,10-11H2,1-2H3. The molecule has 5 heteroatoms. The Morgan fingerprint density at radius 2 is 2.38 bits per heavy atom. The topological polar surface area (TPSA) is 30.5 Å². The number of rotatable bonds is 7. The smallest absolute Gasteiger partial charge is 0.122 e. The molecular weight excluding hydrogens is 350 g/mol. The van der Waals surface area contributed by atoms with Gasteiger partial charge in [-0.1, -0.05) is 22.9 Å². The first-order valence-corrected chi connectivity index (χ1v) is 9.44. The van der Waals surface area contributed by atoms with Gasteiger partial charge in [0.05, 0.1) is 19.8 Å². The summed E-state index contributed by atoms with van der Waals surface area (Å²) < 4.78 is 12.6. The number of benzene rings is 1. The van der Waals surface area contributed by atoms with Gasteiger partial charge in [0.25, 0.3) is 0 Å². The molecule has 1 saturated heterocycles. The van der Waals surface area contributed by atoms with E-state index in [9.17, 15) is 0 Å². The van der Waals surface area contributed by atoms with E-state index in [1.54, 1.807) is 7.11 Å². The van der Waals surface area contributed by atoms with Crippen LogP contribution in [0.4, 0.5) is 0 Å². The largest absolute Gasteiger partial charge is 0.496 e. The van der Waals surface area contributed by atoms with Crippen molar-refractivity contribution >= 4 is 27.7 Å². The third-order valence-electron chi connectivity index (χ3n) is 3.63. The summed E-state index contributed by atoms with van der Waals surface area (Å²) in [6.07, 6.45) is 2.33. The molecule has 0 saturated carbocycles. The quantitative estimate of drug-likeness (QED) is 0.792. The summed E-state index contributed by atoms with van der Waals surface area (Å²) in [6, 6.07) is 6.52. The fourth-order valence-corrected chi connectivity index (χ4v) is 3.90. The molecule has 3 nitrogen and oxygen atoms in total. The Morgan fingerprint density at radius 1 is 1.52 bits per heavy atom. The van der Waals surface area contributed by atoms with Crippen molar-refractivity contribution in [3.63, 3.8) is 0 Å². The zero-order chi connectivity index (χ0) is 15.1. The zero-order valence-corrected chi connectivity index (χ0v) is 15.1. The Morgan fingerprint density at radius 3 is 3.05 bits per heavy atom. The molecular formula is C16H24BrNO2S. The van der Waals surface area contributed by atoms with Crippen LogP contribution in [0.3, 0.4) is 0 Å². The van der Waals surface area contributed by atoms with Crippen molar-refractivity contribution in [3.8, 4) is 5.75 Å². The number of nitrogens with one attached hydrogen (secondary N) is 1. The highest BCUT2D eigenvalue weighted by molar-refractivity contribution is 9.10. The van der Waals surface area contributed by atoms with Crippen LogP contribution in [0.5, 0.6) is 5.75 Å². The van der Waals surface area contributed by atoms with Crippen LogP contribution in [0.15, 0.2) is 22.7 Å². The van der Waals surface area contributed by atoms with Gasteiger partial charge in [-0.25, -0.2) is 0 Å². The monoisotopic (exact) mass is 373 g/mol. The molecule has 118 valence electrons. The molecule has 1 fully saturated rings. The first-order valence-electron chi connectivity index (χ1n) is 7.49. The van der Waals surface area contributed by atoms with Crippen molar-refractivity contribution < 1.29 is 9.47 Å².